The molecule has 1 rings (SSSR count). The molecule has 1 unspecified atom stereocenters. The predicted molar refractivity (Wildman–Crippen MR) is 76.5 cm³/mol. The van der Waals surface area contributed by atoms with Crippen LogP contribution in [0.5, 0.6) is 0 Å². The van der Waals surface area contributed by atoms with Crippen molar-refractivity contribution in [1.29, 1.82) is 0 Å². The van der Waals surface area contributed by atoms with Gasteiger partial charge in [-0.1, -0.05) is 12.1 Å². The van der Waals surface area contributed by atoms with E-state index in [0.717, 1.165) is 5.56 Å². The summed E-state index contributed by atoms with van der Waals surface area (Å²) < 4.78 is 4.84. The van der Waals surface area contributed by atoms with Crippen LogP contribution in [0.2, 0.25) is 0 Å². The van der Waals surface area contributed by atoms with Gasteiger partial charge in [-0.3, -0.25) is 0 Å². The topological polar surface area (TPSA) is 105 Å². The number of methoxy groups -OCH3 is 1. The van der Waals surface area contributed by atoms with Crippen molar-refractivity contribution in [3.8, 4) is 0 Å². The van der Waals surface area contributed by atoms with Crippen LogP contribution in [0.25, 0.3) is 0 Å². The molecule has 0 aliphatic rings. The second-order valence-corrected chi connectivity index (χ2v) is 4.23. The van der Waals surface area contributed by atoms with Gasteiger partial charge in [0.2, 0.25) is 0 Å². The number of rotatable bonds is 6. The Balaban J connectivity index is 2.48. The Labute approximate surface area is 117 Å². The van der Waals surface area contributed by atoms with E-state index in [9.17, 15) is 9.59 Å². The lowest BCUT2D eigenvalue weighted by Crippen LogP contribution is -2.38. The molecule has 0 spiro atoms. The Morgan fingerprint density at radius 2 is 1.95 bits per heavy atom. The third-order valence-corrected chi connectivity index (χ3v) is 2.62. The van der Waals surface area contributed by atoms with E-state index in [2.05, 4.69) is 16.0 Å². The molecule has 0 aromatic heterocycles. The molecule has 0 radical (unpaired) electrons. The quantitative estimate of drug-likeness (QED) is 0.588. The number of hydrogen-bond donors (Lipinski definition) is 4. The predicted octanol–water partition coefficient (Wildman–Crippen LogP) is 1.18. The van der Waals surface area contributed by atoms with E-state index in [0.29, 0.717) is 18.8 Å². The highest BCUT2D eigenvalue weighted by molar-refractivity contribution is 5.87. The number of ether oxygens (including phenoxy) is 1. The van der Waals surface area contributed by atoms with Crippen molar-refractivity contribution in [1.82, 2.24) is 10.6 Å². The van der Waals surface area contributed by atoms with E-state index in [1.807, 2.05) is 19.1 Å². The van der Waals surface area contributed by atoms with Crippen LogP contribution in [-0.2, 0) is 4.74 Å². The van der Waals surface area contributed by atoms with Crippen LogP contribution in [0.1, 0.15) is 18.5 Å². The molecule has 0 saturated carbocycles. The van der Waals surface area contributed by atoms with Gasteiger partial charge in [-0.15, -0.1) is 0 Å². The first-order chi connectivity index (χ1) is 9.52. The van der Waals surface area contributed by atoms with E-state index in [1.165, 1.54) is 0 Å². The number of carbonyl (C=O) groups is 2. The van der Waals surface area contributed by atoms with Crippen molar-refractivity contribution in [2.24, 2.45) is 5.73 Å². The Hall–Kier alpha value is -2.28. The fourth-order valence-corrected chi connectivity index (χ4v) is 1.60. The molecule has 1 aromatic rings. The van der Waals surface area contributed by atoms with E-state index in [-0.39, 0.29) is 12.1 Å². The van der Waals surface area contributed by atoms with Crippen LogP contribution < -0.4 is 21.7 Å². The minimum atomic E-state index is -0.610. The number of nitrogens with two attached hydrogens (primary N) is 1. The molecule has 0 heterocycles. The minimum Gasteiger partial charge on any atom is -0.383 e. The summed E-state index contributed by atoms with van der Waals surface area (Å²) in [4.78, 5) is 22.3. The summed E-state index contributed by atoms with van der Waals surface area (Å²) in [6.07, 6.45) is 0. The molecule has 5 N–H and O–H groups in total. The van der Waals surface area contributed by atoms with Crippen LogP contribution in [0.15, 0.2) is 24.3 Å². The van der Waals surface area contributed by atoms with Crippen LogP contribution >= 0.6 is 0 Å². The lowest BCUT2D eigenvalue weighted by atomic mass is 10.1. The monoisotopic (exact) mass is 280 g/mol. The van der Waals surface area contributed by atoms with Gasteiger partial charge in [0.15, 0.2) is 0 Å². The molecular weight excluding hydrogens is 260 g/mol. The van der Waals surface area contributed by atoms with Gasteiger partial charge in [0, 0.05) is 19.3 Å². The van der Waals surface area contributed by atoms with Gasteiger partial charge in [0.05, 0.1) is 12.6 Å². The van der Waals surface area contributed by atoms with Gasteiger partial charge < -0.3 is 26.4 Å². The maximum absolute atomic E-state index is 11.6. The van der Waals surface area contributed by atoms with Crippen molar-refractivity contribution in [3.63, 3.8) is 0 Å². The third-order valence-electron chi connectivity index (χ3n) is 2.62. The summed E-state index contributed by atoms with van der Waals surface area (Å²) >= 11 is 0. The fraction of sp³-hybridized carbons (Fsp3) is 0.385. The Morgan fingerprint density at radius 3 is 2.50 bits per heavy atom. The first-order valence-corrected chi connectivity index (χ1v) is 6.22. The first kappa shape index (κ1) is 15.8. The molecule has 0 aliphatic carbocycles. The molecule has 4 amide bonds. The minimum absolute atomic E-state index is 0.153. The molecule has 20 heavy (non-hydrogen) atoms. The third kappa shape index (κ3) is 5.57. The van der Waals surface area contributed by atoms with Gasteiger partial charge in [-0.2, -0.15) is 0 Å². The highest BCUT2D eigenvalue weighted by atomic mass is 16.5. The molecular formula is C13H20N4O3. The summed E-state index contributed by atoms with van der Waals surface area (Å²) in [5.74, 6) is 0. The summed E-state index contributed by atoms with van der Waals surface area (Å²) in [5, 5.41) is 7.94. The van der Waals surface area contributed by atoms with Crippen LogP contribution in [0.3, 0.4) is 0 Å². The zero-order chi connectivity index (χ0) is 15.0. The van der Waals surface area contributed by atoms with Crippen molar-refractivity contribution < 1.29 is 14.3 Å². The van der Waals surface area contributed by atoms with E-state index >= 15 is 0 Å². The van der Waals surface area contributed by atoms with Crippen LogP contribution in [-0.4, -0.2) is 32.3 Å². The Morgan fingerprint density at radius 1 is 1.30 bits per heavy atom. The Bertz CT molecular complexity index is 447. The number of benzene rings is 1. The first-order valence-electron chi connectivity index (χ1n) is 6.22. The van der Waals surface area contributed by atoms with E-state index in [4.69, 9.17) is 10.5 Å². The summed E-state index contributed by atoms with van der Waals surface area (Å²) in [6, 6.07) is 6.05. The lowest BCUT2D eigenvalue weighted by Gasteiger charge is -2.15. The second-order valence-electron chi connectivity index (χ2n) is 4.23. The molecule has 0 bridgehead atoms. The van der Waals surface area contributed by atoms with Gasteiger partial charge in [-0.25, -0.2) is 9.59 Å². The number of hydrogen-bond acceptors (Lipinski definition) is 3. The SMILES string of the molecule is COCCNC(=O)NC(C)c1ccc(NC(N)=O)cc1. The number of amides is 4. The molecule has 7 nitrogen and oxygen atoms in total. The zero-order valence-corrected chi connectivity index (χ0v) is 11.6. The highest BCUT2D eigenvalue weighted by Gasteiger charge is 2.09. The smallest absolute Gasteiger partial charge is 0.316 e. The normalized spacial score (nSPS) is 11.5. The van der Waals surface area contributed by atoms with Crippen molar-refractivity contribution in [2.75, 3.05) is 25.6 Å². The van der Waals surface area contributed by atoms with Gasteiger partial charge in [-0.05, 0) is 24.6 Å². The number of urea groups is 2. The Kier molecular flexibility index (Phi) is 6.31. The van der Waals surface area contributed by atoms with Crippen molar-refractivity contribution in [2.45, 2.75) is 13.0 Å². The van der Waals surface area contributed by atoms with Crippen LogP contribution in [0, 0.1) is 0 Å². The number of primary amides is 1. The fourth-order valence-electron chi connectivity index (χ4n) is 1.60. The maximum Gasteiger partial charge on any atom is 0.316 e. The summed E-state index contributed by atoms with van der Waals surface area (Å²) in [7, 11) is 1.57. The molecule has 110 valence electrons. The molecule has 1 atom stereocenters. The van der Waals surface area contributed by atoms with Crippen LogP contribution in [0.4, 0.5) is 15.3 Å². The summed E-state index contributed by atoms with van der Waals surface area (Å²) in [5.41, 5.74) is 6.55. The van der Waals surface area contributed by atoms with Gasteiger partial charge in [0.1, 0.15) is 0 Å². The van der Waals surface area contributed by atoms with Crippen molar-refractivity contribution >= 4 is 17.7 Å². The average molecular weight is 280 g/mol. The zero-order valence-electron chi connectivity index (χ0n) is 11.6. The lowest BCUT2D eigenvalue weighted by molar-refractivity contribution is 0.195. The van der Waals surface area contributed by atoms with Crippen molar-refractivity contribution in [3.05, 3.63) is 29.8 Å². The molecule has 0 saturated heterocycles. The van der Waals surface area contributed by atoms with Gasteiger partial charge in [0.25, 0.3) is 0 Å². The summed E-state index contributed by atoms with van der Waals surface area (Å²) in [6.45, 7) is 2.79. The van der Waals surface area contributed by atoms with Gasteiger partial charge >= 0.3 is 12.1 Å². The average Bonchev–Trinajstić information content (AvgIpc) is 2.39. The molecule has 0 aliphatic heterocycles. The highest BCUT2D eigenvalue weighted by Crippen LogP contribution is 2.15. The number of carbonyl (C=O) groups excluding carboxylic acids is 2. The second kappa shape index (κ2) is 8.00. The number of anilines is 1. The van der Waals surface area contributed by atoms with E-state index in [1.54, 1.807) is 19.2 Å². The number of nitrogens with one attached hydrogen (secondary N) is 3. The molecule has 1 aromatic carbocycles. The largest absolute Gasteiger partial charge is 0.383 e. The maximum atomic E-state index is 11.6. The van der Waals surface area contributed by atoms with E-state index < -0.39 is 6.03 Å². The molecule has 7 heteroatoms. The molecule has 0 fully saturated rings. The standard InChI is InChI=1S/C13H20N4O3/c1-9(16-13(19)15-7-8-20-2)10-3-5-11(6-4-10)17-12(14)18/h3-6,9H,7-8H2,1-2H3,(H3,14,17,18)(H2,15,16,19).